The molecule has 0 aliphatic carbocycles. The van der Waals surface area contributed by atoms with Crippen molar-refractivity contribution in [3.05, 3.63) is 53.8 Å². The maximum Gasteiger partial charge on any atom is 0.131 e. The van der Waals surface area contributed by atoms with Crippen LogP contribution < -0.4 is 9.47 Å². The molecular formula is C14H10FNO2. The number of nitriles is 1. The molecule has 0 radical (unpaired) electrons. The largest absolute Gasteiger partial charge is 0.497 e. The molecule has 3 nitrogen and oxygen atoms in total. The monoisotopic (exact) mass is 243 g/mol. The Morgan fingerprint density at radius 1 is 1.00 bits per heavy atom. The van der Waals surface area contributed by atoms with E-state index in [2.05, 4.69) is 0 Å². The quantitative estimate of drug-likeness (QED) is 0.828. The average Bonchev–Trinajstić information content (AvgIpc) is 2.39. The fraction of sp³-hybridized carbons (Fsp3) is 0.0714. The highest BCUT2D eigenvalue weighted by molar-refractivity contribution is 5.40. The Balaban J connectivity index is 2.22. The van der Waals surface area contributed by atoms with E-state index in [0.717, 1.165) is 6.07 Å². The number of ether oxygens (including phenoxy) is 2. The molecule has 0 amide bonds. The van der Waals surface area contributed by atoms with Crippen LogP contribution in [-0.2, 0) is 0 Å². The molecule has 2 aromatic carbocycles. The first kappa shape index (κ1) is 11.9. The summed E-state index contributed by atoms with van der Waals surface area (Å²) >= 11 is 0. The summed E-state index contributed by atoms with van der Waals surface area (Å²) in [5.41, 5.74) is 0.221. The van der Waals surface area contributed by atoms with Crippen LogP contribution in [-0.4, -0.2) is 7.11 Å². The summed E-state index contributed by atoms with van der Waals surface area (Å²) < 4.78 is 23.7. The SMILES string of the molecule is COc1ccc(Oc2cc(F)cc(C#N)c2)cc1. The van der Waals surface area contributed by atoms with E-state index < -0.39 is 5.82 Å². The first-order chi connectivity index (χ1) is 8.71. The topological polar surface area (TPSA) is 42.2 Å². The minimum atomic E-state index is -0.502. The number of benzene rings is 2. The van der Waals surface area contributed by atoms with E-state index in [1.165, 1.54) is 12.1 Å². The van der Waals surface area contributed by atoms with Crippen molar-refractivity contribution in [1.29, 1.82) is 5.26 Å². The normalized spacial score (nSPS) is 9.61. The van der Waals surface area contributed by atoms with E-state index in [4.69, 9.17) is 14.7 Å². The predicted molar refractivity (Wildman–Crippen MR) is 64.2 cm³/mol. The fourth-order valence-electron chi connectivity index (χ4n) is 1.47. The van der Waals surface area contributed by atoms with Crippen molar-refractivity contribution in [3.8, 4) is 23.3 Å². The molecule has 2 rings (SSSR count). The van der Waals surface area contributed by atoms with Gasteiger partial charge in [-0.25, -0.2) is 4.39 Å². The van der Waals surface area contributed by atoms with Gasteiger partial charge >= 0.3 is 0 Å². The van der Waals surface area contributed by atoms with Crippen LogP contribution >= 0.6 is 0 Å². The molecule has 0 spiro atoms. The molecule has 0 saturated heterocycles. The number of halogens is 1. The first-order valence-corrected chi connectivity index (χ1v) is 5.24. The molecule has 0 aliphatic heterocycles. The van der Waals surface area contributed by atoms with E-state index in [1.54, 1.807) is 31.4 Å². The van der Waals surface area contributed by atoms with Crippen molar-refractivity contribution in [2.24, 2.45) is 0 Å². The molecule has 0 bridgehead atoms. The first-order valence-electron chi connectivity index (χ1n) is 5.24. The van der Waals surface area contributed by atoms with Gasteiger partial charge < -0.3 is 9.47 Å². The maximum absolute atomic E-state index is 13.2. The Kier molecular flexibility index (Phi) is 3.44. The summed E-state index contributed by atoms with van der Waals surface area (Å²) in [6, 6.07) is 12.6. The Bertz CT molecular complexity index is 588. The average molecular weight is 243 g/mol. The molecule has 4 heteroatoms. The summed E-state index contributed by atoms with van der Waals surface area (Å²) in [4.78, 5) is 0. The molecule has 0 aromatic heterocycles. The Morgan fingerprint density at radius 3 is 2.28 bits per heavy atom. The minimum Gasteiger partial charge on any atom is -0.497 e. The van der Waals surface area contributed by atoms with E-state index in [-0.39, 0.29) is 11.3 Å². The third kappa shape index (κ3) is 2.77. The van der Waals surface area contributed by atoms with Crippen LogP contribution in [0.15, 0.2) is 42.5 Å². The van der Waals surface area contributed by atoms with Crippen LogP contribution in [0.4, 0.5) is 4.39 Å². The van der Waals surface area contributed by atoms with Crippen molar-refractivity contribution in [1.82, 2.24) is 0 Å². The van der Waals surface area contributed by atoms with Crippen molar-refractivity contribution in [3.63, 3.8) is 0 Å². The molecule has 0 unspecified atom stereocenters. The van der Waals surface area contributed by atoms with Crippen molar-refractivity contribution < 1.29 is 13.9 Å². The van der Waals surface area contributed by atoms with Crippen molar-refractivity contribution in [2.45, 2.75) is 0 Å². The molecule has 90 valence electrons. The Morgan fingerprint density at radius 2 is 1.67 bits per heavy atom. The molecule has 18 heavy (non-hydrogen) atoms. The highest BCUT2D eigenvalue weighted by Gasteiger charge is 2.03. The van der Waals surface area contributed by atoms with Gasteiger partial charge in [0.15, 0.2) is 0 Å². The molecule has 0 aliphatic rings. The van der Waals surface area contributed by atoms with Crippen LogP contribution in [0, 0.1) is 17.1 Å². The molecule has 2 aromatic rings. The third-order valence-electron chi connectivity index (χ3n) is 2.30. The van der Waals surface area contributed by atoms with Gasteiger partial charge in [-0.1, -0.05) is 0 Å². The number of hydrogen-bond donors (Lipinski definition) is 0. The van der Waals surface area contributed by atoms with Gasteiger partial charge in [0, 0.05) is 6.07 Å². The van der Waals surface area contributed by atoms with Crippen LogP contribution in [0.5, 0.6) is 17.2 Å². The fourth-order valence-corrected chi connectivity index (χ4v) is 1.47. The van der Waals surface area contributed by atoms with Gasteiger partial charge in [-0.3, -0.25) is 0 Å². The zero-order valence-electron chi connectivity index (χ0n) is 9.68. The summed E-state index contributed by atoms with van der Waals surface area (Å²) in [7, 11) is 1.57. The van der Waals surface area contributed by atoms with Crippen LogP contribution in [0.3, 0.4) is 0 Å². The number of methoxy groups -OCH3 is 1. The van der Waals surface area contributed by atoms with Gasteiger partial charge in [-0.05, 0) is 36.4 Å². The van der Waals surface area contributed by atoms with E-state index in [0.29, 0.717) is 11.5 Å². The molecular weight excluding hydrogens is 233 g/mol. The molecule has 0 saturated carbocycles. The smallest absolute Gasteiger partial charge is 0.131 e. The van der Waals surface area contributed by atoms with Crippen LogP contribution in [0.1, 0.15) is 5.56 Å². The molecule has 0 N–H and O–H groups in total. The second kappa shape index (κ2) is 5.19. The van der Waals surface area contributed by atoms with E-state index in [1.807, 2.05) is 6.07 Å². The second-order valence-corrected chi connectivity index (χ2v) is 3.57. The predicted octanol–water partition coefficient (Wildman–Crippen LogP) is 3.50. The zero-order chi connectivity index (χ0) is 13.0. The van der Waals surface area contributed by atoms with E-state index >= 15 is 0 Å². The highest BCUT2D eigenvalue weighted by atomic mass is 19.1. The number of rotatable bonds is 3. The van der Waals surface area contributed by atoms with Gasteiger partial charge in [-0.2, -0.15) is 5.26 Å². The van der Waals surface area contributed by atoms with Gasteiger partial charge in [0.05, 0.1) is 18.7 Å². The van der Waals surface area contributed by atoms with Gasteiger partial charge in [-0.15, -0.1) is 0 Å². The van der Waals surface area contributed by atoms with Crippen LogP contribution in [0.25, 0.3) is 0 Å². The molecule has 0 atom stereocenters. The number of hydrogen-bond acceptors (Lipinski definition) is 3. The number of nitrogens with zero attached hydrogens (tertiary/aromatic N) is 1. The lowest BCUT2D eigenvalue weighted by Gasteiger charge is -2.07. The lowest BCUT2D eigenvalue weighted by molar-refractivity contribution is 0.412. The standard InChI is InChI=1S/C14H10FNO2/c1-17-12-2-4-13(5-3-12)18-14-7-10(9-16)6-11(15)8-14/h2-8H,1H3. The zero-order valence-corrected chi connectivity index (χ0v) is 9.68. The van der Waals surface area contributed by atoms with Gasteiger partial charge in [0.2, 0.25) is 0 Å². The van der Waals surface area contributed by atoms with E-state index in [9.17, 15) is 4.39 Å². The lowest BCUT2D eigenvalue weighted by Crippen LogP contribution is -1.88. The van der Waals surface area contributed by atoms with Crippen molar-refractivity contribution >= 4 is 0 Å². The summed E-state index contributed by atoms with van der Waals surface area (Å²) in [6.45, 7) is 0. The Hall–Kier alpha value is -2.54. The van der Waals surface area contributed by atoms with Gasteiger partial charge in [0.1, 0.15) is 23.1 Å². The minimum absolute atomic E-state index is 0.221. The Labute approximate surface area is 104 Å². The lowest BCUT2D eigenvalue weighted by atomic mass is 10.2. The van der Waals surface area contributed by atoms with Crippen LogP contribution in [0.2, 0.25) is 0 Å². The molecule has 0 heterocycles. The van der Waals surface area contributed by atoms with Crippen molar-refractivity contribution in [2.75, 3.05) is 7.11 Å². The highest BCUT2D eigenvalue weighted by Crippen LogP contribution is 2.25. The second-order valence-electron chi connectivity index (χ2n) is 3.57. The third-order valence-corrected chi connectivity index (χ3v) is 2.30. The summed E-state index contributed by atoms with van der Waals surface area (Å²) in [6.07, 6.45) is 0. The summed E-state index contributed by atoms with van der Waals surface area (Å²) in [5, 5.41) is 8.73. The molecule has 0 fully saturated rings. The summed E-state index contributed by atoms with van der Waals surface area (Å²) in [5.74, 6) is 1.04. The maximum atomic E-state index is 13.2. The van der Waals surface area contributed by atoms with Gasteiger partial charge in [0.25, 0.3) is 0 Å².